The van der Waals surface area contributed by atoms with Crippen molar-refractivity contribution in [3.8, 4) is 0 Å². The molecule has 1 aliphatic carbocycles. The molecule has 0 aromatic rings. The van der Waals surface area contributed by atoms with E-state index in [1.54, 1.807) is 13.8 Å². The van der Waals surface area contributed by atoms with Crippen molar-refractivity contribution in [1.29, 1.82) is 0 Å². The van der Waals surface area contributed by atoms with E-state index in [4.69, 9.17) is 9.47 Å². The molecule has 2 aliphatic rings. The van der Waals surface area contributed by atoms with Gasteiger partial charge in [-0.25, -0.2) is 0 Å². The highest BCUT2D eigenvalue weighted by Crippen LogP contribution is 2.35. The van der Waals surface area contributed by atoms with Gasteiger partial charge in [0.25, 0.3) is 0 Å². The zero-order valence-corrected chi connectivity index (χ0v) is 7.29. The fourth-order valence-corrected chi connectivity index (χ4v) is 1.23. The van der Waals surface area contributed by atoms with Gasteiger partial charge in [0.2, 0.25) is 17.4 Å². The van der Waals surface area contributed by atoms with E-state index in [9.17, 15) is 9.59 Å². The van der Waals surface area contributed by atoms with Gasteiger partial charge in [0.05, 0.1) is 0 Å². The van der Waals surface area contributed by atoms with Crippen LogP contribution in [-0.4, -0.2) is 17.4 Å². The van der Waals surface area contributed by atoms with Crippen molar-refractivity contribution in [2.75, 3.05) is 0 Å². The Kier molecular flexibility index (Phi) is 1.37. The topological polar surface area (TPSA) is 52.6 Å². The second-order valence-corrected chi connectivity index (χ2v) is 3.35. The lowest BCUT2D eigenvalue weighted by atomic mass is 10.1. The minimum absolute atomic E-state index is 0.342. The third-order valence-electron chi connectivity index (χ3n) is 1.72. The molecule has 1 aliphatic heterocycles. The smallest absolute Gasteiger partial charge is 0.246 e. The highest BCUT2D eigenvalue weighted by Gasteiger charge is 2.37. The van der Waals surface area contributed by atoms with Gasteiger partial charge in [0.1, 0.15) is 0 Å². The summed E-state index contributed by atoms with van der Waals surface area (Å²) in [5.41, 5.74) is 0. The molecule has 0 N–H and O–H groups in total. The lowest BCUT2D eigenvalue weighted by molar-refractivity contribution is -0.131. The molecule has 0 aromatic heterocycles. The largest absolute Gasteiger partial charge is 0.449 e. The van der Waals surface area contributed by atoms with Crippen LogP contribution < -0.4 is 0 Å². The van der Waals surface area contributed by atoms with Gasteiger partial charge >= 0.3 is 0 Å². The predicted octanol–water partition coefficient (Wildman–Crippen LogP) is 0.689. The van der Waals surface area contributed by atoms with Crippen molar-refractivity contribution in [1.82, 2.24) is 0 Å². The van der Waals surface area contributed by atoms with E-state index in [0.29, 0.717) is 11.5 Å². The molecule has 0 aromatic carbocycles. The van der Waals surface area contributed by atoms with Crippen molar-refractivity contribution < 1.29 is 19.1 Å². The van der Waals surface area contributed by atoms with Crippen LogP contribution in [0.15, 0.2) is 23.7 Å². The number of carbonyl (C=O) groups is 2. The van der Waals surface area contributed by atoms with Gasteiger partial charge in [0, 0.05) is 26.0 Å². The van der Waals surface area contributed by atoms with Crippen LogP contribution in [-0.2, 0) is 19.1 Å². The van der Waals surface area contributed by atoms with Gasteiger partial charge in [-0.15, -0.1) is 0 Å². The summed E-state index contributed by atoms with van der Waals surface area (Å²) in [5, 5.41) is 0. The van der Waals surface area contributed by atoms with E-state index in [2.05, 4.69) is 0 Å². The molecule has 1 saturated heterocycles. The highest BCUT2D eigenvalue weighted by molar-refractivity contribution is 6.46. The maximum absolute atomic E-state index is 10.9. The summed E-state index contributed by atoms with van der Waals surface area (Å²) in [5.74, 6) is -1.24. The van der Waals surface area contributed by atoms with E-state index in [1.807, 2.05) is 0 Å². The van der Waals surface area contributed by atoms with Crippen molar-refractivity contribution in [2.24, 2.45) is 0 Å². The van der Waals surface area contributed by atoms with Crippen LogP contribution in [0.25, 0.3) is 0 Å². The van der Waals surface area contributed by atoms with Crippen molar-refractivity contribution in [3.63, 3.8) is 0 Å². The second kappa shape index (κ2) is 2.22. The SMILES string of the molecule is CC1(C)OC2=CC(=O)C(=O)C=C2O1. The summed E-state index contributed by atoms with van der Waals surface area (Å²) in [4.78, 5) is 21.9. The Balaban J connectivity index is 2.41. The number of fused-ring (bicyclic) bond motifs is 1. The molecule has 1 fully saturated rings. The average Bonchev–Trinajstić information content (AvgIpc) is 2.24. The van der Waals surface area contributed by atoms with Crippen LogP contribution in [0.2, 0.25) is 0 Å². The Morgan fingerprint density at radius 2 is 1.38 bits per heavy atom. The molecule has 0 unspecified atom stereocenters. The van der Waals surface area contributed by atoms with Crippen LogP contribution in [0.4, 0.5) is 0 Å². The number of hydrogen-bond acceptors (Lipinski definition) is 4. The van der Waals surface area contributed by atoms with Gasteiger partial charge in [-0.05, 0) is 0 Å². The average molecular weight is 180 g/mol. The zero-order chi connectivity index (χ0) is 9.64. The molecule has 0 saturated carbocycles. The Morgan fingerprint density at radius 1 is 1.00 bits per heavy atom. The van der Waals surface area contributed by atoms with E-state index in [0.717, 1.165) is 12.2 Å². The van der Waals surface area contributed by atoms with Crippen LogP contribution in [0, 0.1) is 0 Å². The highest BCUT2D eigenvalue weighted by atomic mass is 16.7. The van der Waals surface area contributed by atoms with E-state index < -0.39 is 17.4 Å². The molecule has 4 heteroatoms. The lowest BCUT2D eigenvalue weighted by Gasteiger charge is -2.14. The third kappa shape index (κ3) is 1.24. The van der Waals surface area contributed by atoms with Crippen molar-refractivity contribution in [2.45, 2.75) is 19.6 Å². The molecule has 0 spiro atoms. The maximum atomic E-state index is 10.9. The minimum Gasteiger partial charge on any atom is -0.449 e. The molecule has 1 heterocycles. The van der Waals surface area contributed by atoms with Gasteiger partial charge in [-0.3, -0.25) is 9.59 Å². The normalized spacial score (nSPS) is 24.2. The zero-order valence-electron chi connectivity index (χ0n) is 7.29. The molecular formula is C9H8O4. The molecule has 0 atom stereocenters. The number of hydrogen-bond donors (Lipinski definition) is 0. The molecule has 68 valence electrons. The first-order valence-corrected chi connectivity index (χ1v) is 3.88. The molecule has 4 nitrogen and oxygen atoms in total. The van der Waals surface area contributed by atoms with Crippen molar-refractivity contribution in [3.05, 3.63) is 23.7 Å². The summed E-state index contributed by atoms with van der Waals surface area (Å²) >= 11 is 0. The first-order valence-electron chi connectivity index (χ1n) is 3.88. The van der Waals surface area contributed by atoms with Crippen LogP contribution in [0.3, 0.4) is 0 Å². The molecular weight excluding hydrogens is 172 g/mol. The third-order valence-corrected chi connectivity index (χ3v) is 1.72. The first kappa shape index (κ1) is 8.04. The summed E-state index contributed by atoms with van der Waals surface area (Å²) in [6.07, 6.45) is 2.32. The van der Waals surface area contributed by atoms with Gasteiger partial charge < -0.3 is 9.47 Å². The summed E-state index contributed by atoms with van der Waals surface area (Å²) < 4.78 is 10.5. The Hall–Kier alpha value is -1.58. The lowest BCUT2D eigenvalue weighted by Crippen LogP contribution is -2.18. The monoisotopic (exact) mass is 180 g/mol. The Bertz CT molecular complexity index is 326. The summed E-state index contributed by atoms with van der Waals surface area (Å²) in [6.45, 7) is 3.42. The molecule has 0 bridgehead atoms. The molecule has 13 heavy (non-hydrogen) atoms. The van der Waals surface area contributed by atoms with E-state index >= 15 is 0 Å². The standard InChI is InChI=1S/C9H8O4/c1-9(2)12-7-3-5(10)6(11)4-8(7)13-9/h3-4H,1-2H3. The minimum atomic E-state index is -0.789. The molecule has 0 radical (unpaired) electrons. The fourth-order valence-electron chi connectivity index (χ4n) is 1.23. The second-order valence-electron chi connectivity index (χ2n) is 3.35. The van der Waals surface area contributed by atoms with E-state index in [1.165, 1.54) is 0 Å². The first-order chi connectivity index (χ1) is 5.98. The Labute approximate surface area is 74.8 Å². The van der Waals surface area contributed by atoms with Crippen LogP contribution in [0.5, 0.6) is 0 Å². The quantitative estimate of drug-likeness (QED) is 0.406. The van der Waals surface area contributed by atoms with Gasteiger partial charge in [-0.1, -0.05) is 0 Å². The summed E-state index contributed by atoms with van der Waals surface area (Å²) in [6, 6.07) is 0. The van der Waals surface area contributed by atoms with Crippen molar-refractivity contribution >= 4 is 11.6 Å². The number of ketones is 2. The molecule has 0 amide bonds. The fraction of sp³-hybridized carbons (Fsp3) is 0.333. The number of carbonyl (C=O) groups excluding carboxylic acids is 2. The van der Waals surface area contributed by atoms with Gasteiger partial charge in [0.15, 0.2) is 11.5 Å². The number of allylic oxidation sites excluding steroid dienone is 2. The molecule has 2 rings (SSSR count). The summed E-state index contributed by atoms with van der Waals surface area (Å²) in [7, 11) is 0. The van der Waals surface area contributed by atoms with Crippen LogP contribution >= 0.6 is 0 Å². The Morgan fingerprint density at radius 3 is 1.77 bits per heavy atom. The van der Waals surface area contributed by atoms with Crippen LogP contribution in [0.1, 0.15) is 13.8 Å². The number of ether oxygens (including phenoxy) is 2. The number of rotatable bonds is 0. The predicted molar refractivity (Wildman–Crippen MR) is 42.4 cm³/mol. The van der Waals surface area contributed by atoms with E-state index in [-0.39, 0.29) is 0 Å². The van der Waals surface area contributed by atoms with Gasteiger partial charge in [-0.2, -0.15) is 0 Å². The maximum Gasteiger partial charge on any atom is 0.246 e.